The van der Waals surface area contributed by atoms with Crippen LogP contribution < -0.4 is 10.9 Å². The topological polar surface area (TPSA) is 64.0 Å². The van der Waals surface area contributed by atoms with Crippen molar-refractivity contribution in [2.45, 2.75) is 42.5 Å². The van der Waals surface area contributed by atoms with Crippen LogP contribution in [0.15, 0.2) is 61.8 Å². The SMILES string of the molecule is Cc1cc(C)cc(-n2c(SCC(=O)Nc3ccc(Br)cc3)nc3c(c2=O)SC(C)C3)c1. The van der Waals surface area contributed by atoms with Gasteiger partial charge < -0.3 is 5.32 Å². The number of benzene rings is 2. The van der Waals surface area contributed by atoms with Crippen molar-refractivity contribution in [3.8, 4) is 5.69 Å². The quantitative estimate of drug-likeness (QED) is 0.365. The molecule has 2 heterocycles. The third-order valence-corrected chi connectivity index (χ3v) is 7.49. The van der Waals surface area contributed by atoms with E-state index in [1.807, 2.05) is 50.2 Å². The number of carbonyl (C=O) groups is 1. The lowest BCUT2D eigenvalue weighted by Crippen LogP contribution is -2.25. The average Bonchev–Trinajstić information content (AvgIpc) is 3.08. The molecule has 0 saturated carbocycles. The average molecular weight is 516 g/mol. The van der Waals surface area contributed by atoms with E-state index in [0.29, 0.717) is 10.4 Å². The van der Waals surface area contributed by atoms with Crippen LogP contribution in [0.4, 0.5) is 5.69 Å². The number of fused-ring (bicyclic) bond motifs is 1. The summed E-state index contributed by atoms with van der Waals surface area (Å²) in [5.41, 5.74) is 4.44. The highest BCUT2D eigenvalue weighted by Crippen LogP contribution is 2.35. The Labute approximate surface area is 198 Å². The largest absolute Gasteiger partial charge is 0.325 e. The second-order valence-corrected chi connectivity index (χ2v) is 10.9. The maximum Gasteiger partial charge on any atom is 0.272 e. The number of anilines is 1. The summed E-state index contributed by atoms with van der Waals surface area (Å²) < 4.78 is 2.60. The second kappa shape index (κ2) is 9.22. The van der Waals surface area contributed by atoms with E-state index in [1.54, 1.807) is 16.3 Å². The van der Waals surface area contributed by atoms with Gasteiger partial charge in [0.1, 0.15) is 0 Å². The number of nitrogens with one attached hydrogen (secondary N) is 1. The molecule has 31 heavy (non-hydrogen) atoms. The summed E-state index contributed by atoms with van der Waals surface area (Å²) in [5, 5.41) is 3.76. The van der Waals surface area contributed by atoms with Crippen molar-refractivity contribution < 1.29 is 4.79 Å². The Morgan fingerprint density at radius 2 is 1.90 bits per heavy atom. The van der Waals surface area contributed by atoms with Gasteiger partial charge in [0.15, 0.2) is 5.16 Å². The molecule has 1 aromatic heterocycles. The van der Waals surface area contributed by atoms with Gasteiger partial charge in [0.2, 0.25) is 5.91 Å². The van der Waals surface area contributed by atoms with Crippen molar-refractivity contribution in [3.63, 3.8) is 0 Å². The van der Waals surface area contributed by atoms with Crippen LogP contribution >= 0.6 is 39.5 Å². The number of hydrogen-bond acceptors (Lipinski definition) is 5. The molecule has 1 unspecified atom stereocenters. The summed E-state index contributed by atoms with van der Waals surface area (Å²) in [7, 11) is 0. The Kier molecular flexibility index (Phi) is 6.60. The molecule has 2 aromatic carbocycles. The Morgan fingerprint density at radius 3 is 2.58 bits per heavy atom. The Hall–Kier alpha value is -2.03. The minimum absolute atomic E-state index is 0.0554. The molecule has 0 radical (unpaired) electrons. The number of hydrogen-bond donors (Lipinski definition) is 1. The minimum atomic E-state index is -0.142. The summed E-state index contributed by atoms with van der Waals surface area (Å²) in [6.45, 7) is 6.13. The lowest BCUT2D eigenvalue weighted by molar-refractivity contribution is -0.113. The van der Waals surface area contributed by atoms with Gasteiger partial charge in [-0.1, -0.05) is 40.7 Å². The molecule has 1 N–H and O–H groups in total. The van der Waals surface area contributed by atoms with E-state index in [4.69, 9.17) is 4.98 Å². The van der Waals surface area contributed by atoms with Crippen LogP contribution in [0.3, 0.4) is 0 Å². The van der Waals surface area contributed by atoms with E-state index in [-0.39, 0.29) is 17.2 Å². The van der Waals surface area contributed by atoms with Crippen LogP contribution in [-0.4, -0.2) is 26.5 Å². The third kappa shape index (κ3) is 5.07. The Morgan fingerprint density at radius 1 is 1.23 bits per heavy atom. The molecular formula is C23H22BrN3O2S2. The van der Waals surface area contributed by atoms with E-state index >= 15 is 0 Å². The van der Waals surface area contributed by atoms with Crippen molar-refractivity contribution in [2.75, 3.05) is 11.1 Å². The van der Waals surface area contributed by atoms with E-state index in [0.717, 1.165) is 44.0 Å². The summed E-state index contributed by atoms with van der Waals surface area (Å²) in [5.74, 6) is 0.0196. The first-order chi connectivity index (χ1) is 14.8. The van der Waals surface area contributed by atoms with Crippen LogP contribution in [0.5, 0.6) is 0 Å². The maximum absolute atomic E-state index is 13.4. The van der Waals surface area contributed by atoms with Gasteiger partial charge in [-0.15, -0.1) is 11.8 Å². The second-order valence-electron chi connectivity index (χ2n) is 7.63. The van der Waals surface area contributed by atoms with E-state index < -0.39 is 0 Å². The minimum Gasteiger partial charge on any atom is -0.325 e. The van der Waals surface area contributed by atoms with Crippen molar-refractivity contribution in [1.29, 1.82) is 0 Å². The molecule has 0 spiro atoms. The van der Waals surface area contributed by atoms with Crippen LogP contribution in [0.25, 0.3) is 5.69 Å². The zero-order valence-electron chi connectivity index (χ0n) is 17.4. The fourth-order valence-electron chi connectivity index (χ4n) is 3.56. The zero-order chi connectivity index (χ0) is 22.1. The van der Waals surface area contributed by atoms with Gasteiger partial charge in [0.05, 0.1) is 22.0 Å². The molecule has 160 valence electrons. The zero-order valence-corrected chi connectivity index (χ0v) is 20.7. The van der Waals surface area contributed by atoms with Crippen molar-refractivity contribution >= 4 is 51.0 Å². The molecule has 5 nitrogen and oxygen atoms in total. The van der Waals surface area contributed by atoms with Gasteiger partial charge in [0.25, 0.3) is 5.56 Å². The fraction of sp³-hybridized carbons (Fsp3) is 0.261. The first-order valence-corrected chi connectivity index (χ1v) is 12.6. The lowest BCUT2D eigenvalue weighted by Gasteiger charge is -2.15. The molecule has 1 aliphatic rings. The van der Waals surface area contributed by atoms with Gasteiger partial charge in [-0.3, -0.25) is 14.2 Å². The highest BCUT2D eigenvalue weighted by atomic mass is 79.9. The number of carbonyl (C=O) groups excluding carboxylic acids is 1. The molecule has 0 bridgehead atoms. The number of amides is 1. The fourth-order valence-corrected chi connectivity index (χ4v) is 5.75. The summed E-state index contributed by atoms with van der Waals surface area (Å²) in [4.78, 5) is 31.5. The number of aromatic nitrogens is 2. The van der Waals surface area contributed by atoms with Crippen molar-refractivity contribution in [2.24, 2.45) is 0 Å². The van der Waals surface area contributed by atoms with Crippen LogP contribution in [0.2, 0.25) is 0 Å². The van der Waals surface area contributed by atoms with Crippen molar-refractivity contribution in [1.82, 2.24) is 9.55 Å². The summed E-state index contributed by atoms with van der Waals surface area (Å²) in [6.07, 6.45) is 0.765. The number of aryl methyl sites for hydroxylation is 2. The number of nitrogens with zero attached hydrogens (tertiary/aromatic N) is 2. The van der Waals surface area contributed by atoms with Crippen molar-refractivity contribution in [3.05, 3.63) is 74.1 Å². The molecule has 1 amide bonds. The van der Waals surface area contributed by atoms with Crippen LogP contribution in [0, 0.1) is 13.8 Å². The standard InChI is InChI=1S/C23H22BrN3O2S2/c1-13-8-14(2)10-18(9-13)27-22(29)21-19(11-15(3)31-21)26-23(27)30-12-20(28)25-17-6-4-16(24)5-7-17/h4-10,15H,11-12H2,1-3H3,(H,25,28). The van der Waals surface area contributed by atoms with E-state index in [9.17, 15) is 9.59 Å². The van der Waals surface area contributed by atoms with Crippen LogP contribution in [-0.2, 0) is 11.2 Å². The third-order valence-electron chi connectivity index (χ3n) is 4.81. The molecule has 1 aliphatic heterocycles. The first kappa shape index (κ1) is 22.2. The Bertz CT molecular complexity index is 1190. The summed E-state index contributed by atoms with van der Waals surface area (Å²) >= 11 is 6.26. The predicted molar refractivity (Wildman–Crippen MR) is 132 cm³/mol. The molecule has 1 atom stereocenters. The van der Waals surface area contributed by atoms with E-state index in [1.165, 1.54) is 11.8 Å². The molecule has 8 heteroatoms. The molecule has 0 saturated heterocycles. The Balaban J connectivity index is 1.65. The van der Waals surface area contributed by atoms with Gasteiger partial charge in [-0.2, -0.15) is 0 Å². The van der Waals surface area contributed by atoms with E-state index in [2.05, 4.69) is 34.2 Å². The van der Waals surface area contributed by atoms with Gasteiger partial charge >= 0.3 is 0 Å². The van der Waals surface area contributed by atoms with Gasteiger partial charge in [0, 0.05) is 21.8 Å². The smallest absolute Gasteiger partial charge is 0.272 e. The number of rotatable bonds is 5. The molecule has 3 aromatic rings. The molecule has 4 rings (SSSR count). The number of thioether (sulfide) groups is 2. The monoisotopic (exact) mass is 515 g/mol. The first-order valence-electron chi connectivity index (χ1n) is 9.89. The predicted octanol–water partition coefficient (Wildman–Crippen LogP) is 5.38. The molecule has 0 fully saturated rings. The maximum atomic E-state index is 13.4. The van der Waals surface area contributed by atoms with Gasteiger partial charge in [-0.05, 0) is 61.4 Å². The summed E-state index contributed by atoms with van der Waals surface area (Å²) in [6, 6.07) is 13.5. The molecule has 0 aliphatic carbocycles. The highest BCUT2D eigenvalue weighted by molar-refractivity contribution is 9.10. The highest BCUT2D eigenvalue weighted by Gasteiger charge is 2.27. The number of halogens is 1. The molecular weight excluding hydrogens is 494 g/mol. The lowest BCUT2D eigenvalue weighted by atomic mass is 10.1. The van der Waals surface area contributed by atoms with Crippen LogP contribution in [0.1, 0.15) is 23.7 Å². The normalized spacial score (nSPS) is 15.0. The van der Waals surface area contributed by atoms with Gasteiger partial charge in [-0.25, -0.2) is 4.98 Å².